The van der Waals surface area contributed by atoms with Gasteiger partial charge < -0.3 is 5.73 Å². The number of primary amides is 1. The Labute approximate surface area is 170 Å². The van der Waals surface area contributed by atoms with E-state index in [1.54, 1.807) is 24.5 Å². The van der Waals surface area contributed by atoms with Crippen molar-refractivity contribution in [1.29, 1.82) is 0 Å². The molecule has 0 unspecified atom stereocenters. The summed E-state index contributed by atoms with van der Waals surface area (Å²) in [5, 5.41) is 0. The lowest BCUT2D eigenvalue weighted by atomic mass is 9.92. The molecule has 3 rings (SSSR count). The number of nitrogens with zero attached hydrogens (tertiary/aromatic N) is 1. The SMILES string of the molecule is Cc1cc(NS(C)(=O)=O)cc(-c2ccc(-c3cccnc3)cc2CCC(N)=O)c1. The van der Waals surface area contributed by atoms with Gasteiger partial charge in [0.2, 0.25) is 15.9 Å². The number of rotatable bonds is 7. The Hall–Kier alpha value is -3.19. The lowest BCUT2D eigenvalue weighted by Gasteiger charge is -2.14. The molecule has 3 N–H and O–H groups in total. The predicted octanol–water partition coefficient (Wildman–Crippen LogP) is 3.51. The quantitative estimate of drug-likeness (QED) is 0.623. The molecular weight excluding hydrogens is 386 g/mol. The van der Waals surface area contributed by atoms with E-state index in [4.69, 9.17) is 5.73 Å². The molecule has 1 aromatic heterocycles. The minimum Gasteiger partial charge on any atom is -0.370 e. The van der Waals surface area contributed by atoms with Crippen molar-refractivity contribution >= 4 is 21.6 Å². The van der Waals surface area contributed by atoms with E-state index >= 15 is 0 Å². The van der Waals surface area contributed by atoms with Crippen LogP contribution >= 0.6 is 0 Å². The van der Waals surface area contributed by atoms with Crippen LogP contribution in [-0.2, 0) is 21.2 Å². The number of aryl methyl sites for hydroxylation is 2. The van der Waals surface area contributed by atoms with Crippen LogP contribution in [-0.4, -0.2) is 25.6 Å². The first-order chi connectivity index (χ1) is 13.7. The van der Waals surface area contributed by atoms with Gasteiger partial charge in [-0.25, -0.2) is 8.42 Å². The number of amides is 1. The molecule has 29 heavy (non-hydrogen) atoms. The molecule has 0 aliphatic heterocycles. The number of hydrogen-bond acceptors (Lipinski definition) is 4. The highest BCUT2D eigenvalue weighted by molar-refractivity contribution is 7.92. The number of carbonyl (C=O) groups is 1. The van der Waals surface area contributed by atoms with Crippen molar-refractivity contribution in [2.75, 3.05) is 11.0 Å². The van der Waals surface area contributed by atoms with Crippen LogP contribution in [0.5, 0.6) is 0 Å². The van der Waals surface area contributed by atoms with Crippen molar-refractivity contribution in [1.82, 2.24) is 4.98 Å². The summed E-state index contributed by atoms with van der Waals surface area (Å²) in [4.78, 5) is 15.5. The Morgan fingerprint density at radius 1 is 1.07 bits per heavy atom. The number of sulfonamides is 1. The lowest BCUT2D eigenvalue weighted by molar-refractivity contribution is -0.117. The Morgan fingerprint density at radius 3 is 2.52 bits per heavy atom. The van der Waals surface area contributed by atoms with Gasteiger partial charge >= 0.3 is 0 Å². The largest absolute Gasteiger partial charge is 0.370 e. The van der Waals surface area contributed by atoms with E-state index < -0.39 is 10.0 Å². The molecule has 0 spiro atoms. The van der Waals surface area contributed by atoms with Gasteiger partial charge in [0.15, 0.2) is 0 Å². The van der Waals surface area contributed by atoms with Crippen LogP contribution in [0.4, 0.5) is 5.69 Å². The summed E-state index contributed by atoms with van der Waals surface area (Å²) in [5.41, 5.74) is 11.5. The molecule has 1 amide bonds. The minimum absolute atomic E-state index is 0.226. The van der Waals surface area contributed by atoms with Gasteiger partial charge in [0, 0.05) is 24.5 Å². The monoisotopic (exact) mass is 409 g/mol. The van der Waals surface area contributed by atoms with Crippen LogP contribution in [0.1, 0.15) is 17.5 Å². The first-order valence-corrected chi connectivity index (χ1v) is 11.0. The van der Waals surface area contributed by atoms with Crippen molar-refractivity contribution in [2.45, 2.75) is 19.8 Å². The second kappa shape index (κ2) is 8.45. The van der Waals surface area contributed by atoms with Crippen molar-refractivity contribution in [3.05, 3.63) is 72.1 Å². The van der Waals surface area contributed by atoms with Gasteiger partial charge in [-0.05, 0) is 64.9 Å². The second-order valence-corrected chi connectivity index (χ2v) is 8.79. The molecule has 0 saturated heterocycles. The van der Waals surface area contributed by atoms with Crippen LogP contribution in [0.2, 0.25) is 0 Å². The summed E-state index contributed by atoms with van der Waals surface area (Å²) in [6.07, 6.45) is 5.34. The predicted molar refractivity (Wildman–Crippen MR) is 116 cm³/mol. The maximum atomic E-state index is 11.6. The third-order valence-corrected chi connectivity index (χ3v) is 5.04. The van der Waals surface area contributed by atoms with Crippen molar-refractivity contribution in [3.63, 3.8) is 0 Å². The van der Waals surface area contributed by atoms with Gasteiger partial charge in [0.1, 0.15) is 0 Å². The first-order valence-electron chi connectivity index (χ1n) is 9.13. The fourth-order valence-corrected chi connectivity index (χ4v) is 3.81. The van der Waals surface area contributed by atoms with E-state index in [0.29, 0.717) is 12.1 Å². The first kappa shape index (κ1) is 20.5. The lowest BCUT2D eigenvalue weighted by Crippen LogP contribution is -2.11. The third kappa shape index (κ3) is 5.65. The summed E-state index contributed by atoms with van der Waals surface area (Å²) in [5.74, 6) is -0.369. The summed E-state index contributed by atoms with van der Waals surface area (Å²) in [6.45, 7) is 1.91. The van der Waals surface area contributed by atoms with Gasteiger partial charge in [-0.3, -0.25) is 14.5 Å². The van der Waals surface area contributed by atoms with Crippen LogP contribution in [0.3, 0.4) is 0 Å². The molecule has 1 heterocycles. The number of hydrogen-bond donors (Lipinski definition) is 2. The van der Waals surface area contributed by atoms with Crippen LogP contribution in [0, 0.1) is 6.92 Å². The van der Waals surface area contributed by atoms with E-state index in [0.717, 1.165) is 39.6 Å². The molecule has 0 radical (unpaired) electrons. The molecule has 0 aliphatic rings. The zero-order valence-corrected chi connectivity index (χ0v) is 17.2. The van der Waals surface area contributed by atoms with Gasteiger partial charge in [0.05, 0.1) is 6.26 Å². The average Bonchev–Trinajstić information content (AvgIpc) is 2.65. The summed E-state index contributed by atoms with van der Waals surface area (Å²) >= 11 is 0. The number of pyridine rings is 1. The molecular formula is C22H23N3O3S. The van der Waals surface area contributed by atoms with Gasteiger partial charge in [-0.1, -0.05) is 30.3 Å². The van der Waals surface area contributed by atoms with Gasteiger partial charge in [-0.15, -0.1) is 0 Å². The molecule has 6 nitrogen and oxygen atoms in total. The number of aromatic nitrogens is 1. The maximum Gasteiger partial charge on any atom is 0.229 e. The zero-order valence-electron chi connectivity index (χ0n) is 16.3. The highest BCUT2D eigenvalue weighted by Crippen LogP contribution is 2.32. The van der Waals surface area contributed by atoms with Gasteiger partial charge in [-0.2, -0.15) is 0 Å². The fourth-order valence-electron chi connectivity index (χ4n) is 3.26. The van der Waals surface area contributed by atoms with Crippen LogP contribution in [0.25, 0.3) is 22.3 Å². The van der Waals surface area contributed by atoms with E-state index in [9.17, 15) is 13.2 Å². The maximum absolute atomic E-state index is 11.6. The Morgan fingerprint density at radius 2 is 1.86 bits per heavy atom. The number of nitrogens with two attached hydrogens (primary N) is 1. The number of anilines is 1. The zero-order chi connectivity index (χ0) is 21.0. The normalized spacial score (nSPS) is 11.2. The molecule has 0 bridgehead atoms. The van der Waals surface area contributed by atoms with Gasteiger partial charge in [0.25, 0.3) is 0 Å². The number of carbonyl (C=O) groups excluding carboxylic acids is 1. The molecule has 150 valence electrons. The Balaban J connectivity index is 2.09. The van der Waals surface area contributed by atoms with E-state index in [-0.39, 0.29) is 12.3 Å². The van der Waals surface area contributed by atoms with Crippen molar-refractivity contribution in [2.24, 2.45) is 5.73 Å². The van der Waals surface area contributed by atoms with E-state index in [2.05, 4.69) is 9.71 Å². The van der Waals surface area contributed by atoms with E-state index in [1.165, 1.54) is 0 Å². The molecule has 0 atom stereocenters. The molecule has 0 aliphatic carbocycles. The topological polar surface area (TPSA) is 102 Å². The van der Waals surface area contributed by atoms with Crippen molar-refractivity contribution < 1.29 is 13.2 Å². The number of nitrogens with one attached hydrogen (secondary N) is 1. The molecule has 0 saturated carbocycles. The fraction of sp³-hybridized carbons (Fsp3) is 0.182. The molecule has 3 aromatic rings. The standard InChI is InChI=1S/C22H23N3O3S/c1-15-10-19(13-20(11-15)25-29(2,27)28)21-7-5-16(18-4-3-9-24-14-18)12-17(21)6-8-22(23)26/h3-5,7,9-14,25H,6,8H2,1-2H3,(H2,23,26). The third-order valence-electron chi connectivity index (χ3n) is 4.43. The second-order valence-electron chi connectivity index (χ2n) is 7.04. The summed E-state index contributed by atoms with van der Waals surface area (Å²) in [7, 11) is -3.39. The van der Waals surface area contributed by atoms with Crippen LogP contribution < -0.4 is 10.5 Å². The molecule has 0 fully saturated rings. The Bertz CT molecular complexity index is 1140. The van der Waals surface area contributed by atoms with Crippen molar-refractivity contribution in [3.8, 4) is 22.3 Å². The average molecular weight is 410 g/mol. The van der Waals surface area contributed by atoms with Crippen LogP contribution in [0.15, 0.2) is 60.9 Å². The minimum atomic E-state index is -3.39. The molecule has 2 aromatic carbocycles. The van der Waals surface area contributed by atoms with E-state index in [1.807, 2.05) is 43.3 Å². The highest BCUT2D eigenvalue weighted by Gasteiger charge is 2.12. The number of benzene rings is 2. The summed E-state index contributed by atoms with van der Waals surface area (Å²) < 4.78 is 25.8. The summed E-state index contributed by atoms with van der Waals surface area (Å²) in [6, 6.07) is 15.4. The highest BCUT2D eigenvalue weighted by atomic mass is 32.2. The Kier molecular flexibility index (Phi) is 5.98. The molecule has 7 heteroatoms. The smallest absolute Gasteiger partial charge is 0.229 e.